The van der Waals surface area contributed by atoms with Gasteiger partial charge in [0.25, 0.3) is 0 Å². The molecule has 98 valence electrons. The molecular formula is C13H19N3OS. The second kappa shape index (κ2) is 7.06. The molecule has 0 radical (unpaired) electrons. The topological polar surface area (TPSA) is 59.2 Å². The number of amides is 1. The van der Waals surface area contributed by atoms with Gasteiger partial charge >= 0.3 is 0 Å². The van der Waals surface area contributed by atoms with Gasteiger partial charge in [0.15, 0.2) is 0 Å². The molecule has 0 aliphatic rings. The number of rotatable bonds is 6. The molecule has 1 atom stereocenters. The minimum absolute atomic E-state index is 0.0202. The van der Waals surface area contributed by atoms with Crippen molar-refractivity contribution in [3.05, 3.63) is 30.1 Å². The molecule has 2 N–H and O–H groups in total. The lowest BCUT2D eigenvalue weighted by Crippen LogP contribution is -2.38. The predicted molar refractivity (Wildman–Crippen MR) is 75.9 cm³/mol. The van der Waals surface area contributed by atoms with E-state index in [0.29, 0.717) is 13.0 Å². The Morgan fingerprint density at radius 3 is 2.83 bits per heavy atom. The van der Waals surface area contributed by atoms with Crippen molar-refractivity contribution >= 4 is 23.1 Å². The molecular weight excluding hydrogens is 246 g/mol. The van der Waals surface area contributed by atoms with Gasteiger partial charge in [-0.15, -0.1) is 0 Å². The molecule has 5 heteroatoms. The Hall–Kier alpha value is -1.49. The zero-order valence-corrected chi connectivity index (χ0v) is 11.6. The highest BCUT2D eigenvalue weighted by molar-refractivity contribution is 7.80. The van der Waals surface area contributed by atoms with Gasteiger partial charge in [-0.3, -0.25) is 9.78 Å². The van der Waals surface area contributed by atoms with Gasteiger partial charge in [0.2, 0.25) is 5.91 Å². The number of aromatic nitrogens is 1. The Bertz CT molecular complexity index is 408. The maximum atomic E-state index is 12.2. The van der Waals surface area contributed by atoms with Gasteiger partial charge in [0.05, 0.1) is 10.9 Å². The summed E-state index contributed by atoms with van der Waals surface area (Å²) < 4.78 is 0. The van der Waals surface area contributed by atoms with Gasteiger partial charge in [-0.2, -0.15) is 0 Å². The van der Waals surface area contributed by atoms with Crippen LogP contribution in [-0.2, 0) is 11.3 Å². The van der Waals surface area contributed by atoms with Crippen LogP contribution in [-0.4, -0.2) is 27.8 Å². The summed E-state index contributed by atoms with van der Waals surface area (Å²) in [6.45, 7) is 2.54. The Morgan fingerprint density at radius 1 is 1.61 bits per heavy atom. The quantitative estimate of drug-likeness (QED) is 0.796. The largest absolute Gasteiger partial charge is 0.393 e. The lowest BCUT2D eigenvalue weighted by Gasteiger charge is -2.22. The van der Waals surface area contributed by atoms with Crippen LogP contribution in [0.1, 0.15) is 25.3 Å². The lowest BCUT2D eigenvalue weighted by molar-refractivity contribution is -0.132. The molecule has 1 aromatic rings. The van der Waals surface area contributed by atoms with Crippen molar-refractivity contribution < 1.29 is 4.79 Å². The summed E-state index contributed by atoms with van der Waals surface area (Å²) in [5.41, 5.74) is 6.62. The van der Waals surface area contributed by atoms with Gasteiger partial charge in [-0.25, -0.2) is 0 Å². The fourth-order valence-corrected chi connectivity index (χ4v) is 2.00. The van der Waals surface area contributed by atoms with Gasteiger partial charge < -0.3 is 10.6 Å². The third kappa shape index (κ3) is 4.07. The molecule has 0 aliphatic carbocycles. The fourth-order valence-electron chi connectivity index (χ4n) is 1.79. The van der Waals surface area contributed by atoms with Gasteiger partial charge in [-0.05, 0) is 18.1 Å². The number of nitrogens with zero attached hydrogens (tertiary/aromatic N) is 2. The molecule has 0 aliphatic heterocycles. The van der Waals surface area contributed by atoms with Crippen LogP contribution in [0.3, 0.4) is 0 Å². The Morgan fingerprint density at radius 2 is 2.33 bits per heavy atom. The second-order valence-electron chi connectivity index (χ2n) is 4.30. The fraction of sp³-hybridized carbons (Fsp3) is 0.462. The van der Waals surface area contributed by atoms with Crippen LogP contribution in [0, 0.1) is 5.92 Å². The first kappa shape index (κ1) is 14.6. The van der Waals surface area contributed by atoms with Crippen LogP contribution in [0.4, 0.5) is 0 Å². The summed E-state index contributed by atoms with van der Waals surface area (Å²) in [4.78, 5) is 18.2. The number of carbonyl (C=O) groups is 1. The van der Waals surface area contributed by atoms with E-state index < -0.39 is 0 Å². The number of carbonyl (C=O) groups excluding carboxylic acids is 1. The van der Waals surface area contributed by atoms with Crippen LogP contribution in [0.2, 0.25) is 0 Å². The number of hydrogen-bond acceptors (Lipinski definition) is 3. The van der Waals surface area contributed by atoms with E-state index in [4.69, 9.17) is 18.0 Å². The third-order valence-electron chi connectivity index (χ3n) is 2.74. The molecule has 1 heterocycles. The number of hydrogen-bond donors (Lipinski definition) is 1. The molecule has 0 aromatic carbocycles. The summed E-state index contributed by atoms with van der Waals surface area (Å²) in [7, 11) is 1.76. The zero-order valence-electron chi connectivity index (χ0n) is 10.8. The molecule has 0 spiro atoms. The summed E-state index contributed by atoms with van der Waals surface area (Å²) >= 11 is 4.96. The molecule has 0 saturated carbocycles. The van der Waals surface area contributed by atoms with Crippen molar-refractivity contribution in [2.45, 2.75) is 26.3 Å². The van der Waals surface area contributed by atoms with E-state index in [9.17, 15) is 4.79 Å². The lowest BCUT2D eigenvalue weighted by atomic mass is 10.0. The highest BCUT2D eigenvalue weighted by atomic mass is 32.1. The van der Waals surface area contributed by atoms with E-state index in [1.54, 1.807) is 24.3 Å². The van der Waals surface area contributed by atoms with Crippen molar-refractivity contribution in [1.82, 2.24) is 9.88 Å². The summed E-state index contributed by atoms with van der Waals surface area (Å²) in [5, 5.41) is 0. The van der Waals surface area contributed by atoms with Gasteiger partial charge in [0.1, 0.15) is 0 Å². The maximum absolute atomic E-state index is 12.2. The molecule has 0 bridgehead atoms. The van der Waals surface area contributed by atoms with E-state index in [2.05, 4.69) is 4.98 Å². The van der Waals surface area contributed by atoms with E-state index in [0.717, 1.165) is 12.0 Å². The first-order chi connectivity index (χ1) is 8.56. The minimum atomic E-state index is -0.355. The molecule has 4 nitrogen and oxygen atoms in total. The molecule has 1 amide bonds. The maximum Gasteiger partial charge on any atom is 0.232 e. The molecule has 1 aromatic heterocycles. The van der Waals surface area contributed by atoms with E-state index >= 15 is 0 Å². The molecule has 0 saturated heterocycles. The summed E-state index contributed by atoms with van der Waals surface area (Å²) in [5.74, 6) is -0.375. The van der Waals surface area contributed by atoms with Gasteiger partial charge in [-0.1, -0.05) is 31.6 Å². The van der Waals surface area contributed by atoms with Crippen molar-refractivity contribution in [3.63, 3.8) is 0 Å². The highest BCUT2D eigenvalue weighted by Crippen LogP contribution is 2.12. The zero-order chi connectivity index (χ0) is 13.5. The number of pyridine rings is 1. The summed E-state index contributed by atoms with van der Waals surface area (Å²) in [6.07, 6.45) is 5.04. The van der Waals surface area contributed by atoms with Crippen molar-refractivity contribution in [3.8, 4) is 0 Å². The first-order valence-corrected chi connectivity index (χ1v) is 6.40. The third-order valence-corrected chi connectivity index (χ3v) is 3.02. The van der Waals surface area contributed by atoms with Crippen LogP contribution in [0.15, 0.2) is 24.5 Å². The Kier molecular flexibility index (Phi) is 5.71. The van der Waals surface area contributed by atoms with Crippen molar-refractivity contribution in [1.29, 1.82) is 0 Å². The Labute approximate surface area is 113 Å². The average molecular weight is 265 g/mol. The average Bonchev–Trinajstić information content (AvgIpc) is 2.36. The Balaban J connectivity index is 2.67. The molecule has 1 rings (SSSR count). The summed E-state index contributed by atoms with van der Waals surface area (Å²) in [6, 6.07) is 3.79. The smallest absolute Gasteiger partial charge is 0.232 e. The SMILES string of the molecule is CCCC(C(=O)N(C)Cc1cccnc1)C(N)=S. The van der Waals surface area contributed by atoms with Crippen molar-refractivity contribution in [2.75, 3.05) is 7.05 Å². The highest BCUT2D eigenvalue weighted by Gasteiger charge is 2.23. The van der Waals surface area contributed by atoms with Crippen molar-refractivity contribution in [2.24, 2.45) is 11.7 Å². The van der Waals surface area contributed by atoms with E-state index in [1.807, 2.05) is 19.1 Å². The predicted octanol–water partition coefficient (Wildman–Crippen LogP) is 1.74. The minimum Gasteiger partial charge on any atom is -0.393 e. The van der Waals surface area contributed by atoms with Crippen LogP contribution in [0.5, 0.6) is 0 Å². The normalized spacial score (nSPS) is 11.9. The number of thiocarbonyl (C=S) groups is 1. The van der Waals surface area contributed by atoms with Crippen LogP contribution < -0.4 is 5.73 Å². The number of nitrogens with two attached hydrogens (primary N) is 1. The molecule has 0 fully saturated rings. The van der Waals surface area contributed by atoms with E-state index in [1.165, 1.54) is 0 Å². The second-order valence-corrected chi connectivity index (χ2v) is 4.77. The standard InChI is InChI=1S/C13H19N3OS/c1-3-5-11(12(14)18)13(17)16(2)9-10-6-4-7-15-8-10/h4,6-8,11H,3,5,9H2,1-2H3,(H2,14,18). The van der Waals surface area contributed by atoms with Crippen LogP contribution in [0.25, 0.3) is 0 Å². The molecule has 18 heavy (non-hydrogen) atoms. The monoisotopic (exact) mass is 265 g/mol. The first-order valence-electron chi connectivity index (χ1n) is 5.99. The molecule has 1 unspecified atom stereocenters. The van der Waals surface area contributed by atoms with Gasteiger partial charge in [0, 0.05) is 26.0 Å². The van der Waals surface area contributed by atoms with Crippen LogP contribution >= 0.6 is 12.2 Å². The van der Waals surface area contributed by atoms with E-state index in [-0.39, 0.29) is 16.8 Å².